The Bertz CT molecular complexity index is 465. The van der Waals surface area contributed by atoms with Crippen molar-refractivity contribution < 1.29 is 19.1 Å². The van der Waals surface area contributed by atoms with Crippen molar-refractivity contribution in [2.75, 3.05) is 13.7 Å². The summed E-state index contributed by atoms with van der Waals surface area (Å²) in [6.45, 7) is 6.09. The van der Waals surface area contributed by atoms with E-state index in [2.05, 4.69) is 4.74 Å². The summed E-state index contributed by atoms with van der Waals surface area (Å²) in [4.78, 5) is 25.0. The minimum absolute atomic E-state index is 0.141. The Morgan fingerprint density at radius 2 is 1.76 bits per heavy atom. The monoisotopic (exact) mass is 293 g/mol. The summed E-state index contributed by atoms with van der Waals surface area (Å²) in [5, 5.41) is 0. The van der Waals surface area contributed by atoms with Crippen LogP contribution in [0.2, 0.25) is 0 Å². The lowest BCUT2D eigenvalue weighted by atomic mass is 10.2. The molecular weight excluding hydrogens is 270 g/mol. The zero-order chi connectivity index (χ0) is 15.9. The van der Waals surface area contributed by atoms with Crippen LogP contribution < -0.4 is 0 Å². The molecular formula is C16H23NO4. The molecule has 116 valence electrons. The van der Waals surface area contributed by atoms with E-state index in [1.54, 1.807) is 0 Å². The first kappa shape index (κ1) is 17.0. The second-order valence-electron chi connectivity index (χ2n) is 5.71. The second-order valence-corrected chi connectivity index (χ2v) is 5.71. The molecule has 0 N–H and O–H groups in total. The number of amides is 1. The van der Waals surface area contributed by atoms with E-state index in [9.17, 15) is 9.59 Å². The van der Waals surface area contributed by atoms with E-state index >= 15 is 0 Å². The summed E-state index contributed by atoms with van der Waals surface area (Å²) < 4.78 is 9.99. The van der Waals surface area contributed by atoms with Crippen molar-refractivity contribution in [2.24, 2.45) is 0 Å². The number of nitrogens with zero attached hydrogens (tertiary/aromatic N) is 1. The van der Waals surface area contributed by atoms with Gasteiger partial charge in [-0.25, -0.2) is 4.79 Å². The fourth-order valence-corrected chi connectivity index (χ4v) is 1.69. The first-order valence-corrected chi connectivity index (χ1v) is 6.90. The number of hydrogen-bond donors (Lipinski definition) is 0. The molecule has 0 spiro atoms. The highest BCUT2D eigenvalue weighted by molar-refractivity contribution is 5.72. The van der Waals surface area contributed by atoms with Crippen LogP contribution in [0.1, 0.15) is 32.8 Å². The smallest absolute Gasteiger partial charge is 0.410 e. The van der Waals surface area contributed by atoms with Gasteiger partial charge in [-0.2, -0.15) is 0 Å². The molecule has 1 aromatic carbocycles. The molecule has 5 nitrogen and oxygen atoms in total. The SMILES string of the molecule is COC(=O)CCN(Cc1ccccc1)C(=O)OC(C)(C)C. The molecule has 0 radical (unpaired) electrons. The van der Waals surface area contributed by atoms with E-state index in [1.165, 1.54) is 12.0 Å². The molecule has 0 fully saturated rings. The third-order valence-corrected chi connectivity index (χ3v) is 2.68. The summed E-state index contributed by atoms with van der Waals surface area (Å²) >= 11 is 0. The Morgan fingerprint density at radius 3 is 2.29 bits per heavy atom. The van der Waals surface area contributed by atoms with Crippen molar-refractivity contribution in [1.82, 2.24) is 4.90 Å². The molecule has 0 aliphatic rings. The number of carbonyl (C=O) groups excluding carboxylic acids is 2. The summed E-state index contributed by atoms with van der Waals surface area (Å²) in [7, 11) is 1.33. The highest BCUT2D eigenvalue weighted by Gasteiger charge is 2.22. The molecule has 1 rings (SSSR count). The van der Waals surface area contributed by atoms with E-state index in [1.807, 2.05) is 51.1 Å². The van der Waals surface area contributed by atoms with Crippen molar-refractivity contribution in [1.29, 1.82) is 0 Å². The number of benzene rings is 1. The van der Waals surface area contributed by atoms with Crippen LogP contribution in [0.5, 0.6) is 0 Å². The third-order valence-electron chi connectivity index (χ3n) is 2.68. The highest BCUT2D eigenvalue weighted by atomic mass is 16.6. The quantitative estimate of drug-likeness (QED) is 0.783. The maximum atomic E-state index is 12.2. The number of methoxy groups -OCH3 is 1. The van der Waals surface area contributed by atoms with E-state index in [0.717, 1.165) is 5.56 Å². The molecule has 1 amide bonds. The van der Waals surface area contributed by atoms with E-state index in [0.29, 0.717) is 6.54 Å². The van der Waals surface area contributed by atoms with Crippen LogP contribution in [0.25, 0.3) is 0 Å². The number of hydrogen-bond acceptors (Lipinski definition) is 4. The van der Waals surface area contributed by atoms with Gasteiger partial charge in [0.25, 0.3) is 0 Å². The standard InChI is InChI=1S/C16H23NO4/c1-16(2,3)21-15(19)17(11-10-14(18)20-4)12-13-8-6-5-7-9-13/h5-9H,10-12H2,1-4H3. The summed E-state index contributed by atoms with van der Waals surface area (Å²) in [5.74, 6) is -0.350. The Morgan fingerprint density at radius 1 is 1.14 bits per heavy atom. The van der Waals surface area contributed by atoms with Crippen LogP contribution in [0, 0.1) is 0 Å². The lowest BCUT2D eigenvalue weighted by Crippen LogP contribution is -2.37. The number of carbonyl (C=O) groups is 2. The van der Waals surface area contributed by atoms with Gasteiger partial charge in [-0.1, -0.05) is 30.3 Å². The zero-order valence-corrected chi connectivity index (χ0v) is 13.1. The van der Waals surface area contributed by atoms with Crippen LogP contribution in [0.4, 0.5) is 4.79 Å². The fourth-order valence-electron chi connectivity index (χ4n) is 1.69. The first-order valence-electron chi connectivity index (χ1n) is 6.90. The molecule has 0 unspecified atom stereocenters. The molecule has 0 atom stereocenters. The minimum Gasteiger partial charge on any atom is -0.469 e. The topological polar surface area (TPSA) is 55.8 Å². The Hall–Kier alpha value is -2.04. The van der Waals surface area contributed by atoms with Gasteiger partial charge < -0.3 is 14.4 Å². The number of esters is 1. The Kier molecular flexibility index (Phi) is 6.21. The van der Waals surface area contributed by atoms with Gasteiger partial charge in [0.05, 0.1) is 13.5 Å². The van der Waals surface area contributed by atoms with Gasteiger partial charge in [0, 0.05) is 13.1 Å². The average Bonchev–Trinajstić information content (AvgIpc) is 2.42. The van der Waals surface area contributed by atoms with Crippen molar-refractivity contribution >= 4 is 12.1 Å². The van der Waals surface area contributed by atoms with Crippen LogP contribution >= 0.6 is 0 Å². The average molecular weight is 293 g/mol. The molecule has 0 aliphatic heterocycles. The van der Waals surface area contributed by atoms with Gasteiger partial charge in [-0.05, 0) is 26.3 Å². The van der Waals surface area contributed by atoms with Gasteiger partial charge in [0.15, 0.2) is 0 Å². The van der Waals surface area contributed by atoms with Crippen LogP contribution in [0.3, 0.4) is 0 Å². The number of ether oxygens (including phenoxy) is 2. The zero-order valence-electron chi connectivity index (χ0n) is 13.1. The highest BCUT2D eigenvalue weighted by Crippen LogP contribution is 2.13. The van der Waals surface area contributed by atoms with Crippen molar-refractivity contribution in [3.05, 3.63) is 35.9 Å². The summed E-state index contributed by atoms with van der Waals surface area (Å²) in [5.41, 5.74) is 0.408. The van der Waals surface area contributed by atoms with Gasteiger partial charge in [-0.15, -0.1) is 0 Å². The summed E-state index contributed by atoms with van der Waals surface area (Å²) in [6.07, 6.45) is -0.294. The lowest BCUT2D eigenvalue weighted by molar-refractivity contribution is -0.140. The van der Waals surface area contributed by atoms with Gasteiger partial charge in [0.1, 0.15) is 5.60 Å². The van der Waals surface area contributed by atoms with Crippen LogP contribution in [0.15, 0.2) is 30.3 Å². The maximum Gasteiger partial charge on any atom is 0.410 e. The predicted molar refractivity (Wildman–Crippen MR) is 79.7 cm³/mol. The molecule has 1 aromatic rings. The van der Waals surface area contributed by atoms with E-state index in [-0.39, 0.29) is 18.9 Å². The fraction of sp³-hybridized carbons (Fsp3) is 0.500. The van der Waals surface area contributed by atoms with E-state index < -0.39 is 11.7 Å². The molecule has 0 saturated heterocycles. The minimum atomic E-state index is -0.572. The van der Waals surface area contributed by atoms with Crippen molar-refractivity contribution in [3.8, 4) is 0 Å². The van der Waals surface area contributed by atoms with Crippen LogP contribution in [-0.2, 0) is 20.8 Å². The van der Waals surface area contributed by atoms with E-state index in [4.69, 9.17) is 4.74 Å². The Labute approximate surface area is 125 Å². The second kappa shape index (κ2) is 7.67. The van der Waals surface area contributed by atoms with Crippen molar-refractivity contribution in [2.45, 2.75) is 39.3 Å². The molecule has 0 heterocycles. The lowest BCUT2D eigenvalue weighted by Gasteiger charge is -2.27. The Balaban J connectivity index is 2.74. The van der Waals surface area contributed by atoms with Gasteiger partial charge in [-0.3, -0.25) is 4.79 Å². The van der Waals surface area contributed by atoms with Gasteiger partial charge in [0.2, 0.25) is 0 Å². The summed E-state index contributed by atoms with van der Waals surface area (Å²) in [6, 6.07) is 9.58. The molecule has 0 aliphatic carbocycles. The molecule has 0 bridgehead atoms. The molecule has 21 heavy (non-hydrogen) atoms. The normalized spacial score (nSPS) is 10.9. The largest absolute Gasteiger partial charge is 0.469 e. The van der Waals surface area contributed by atoms with Gasteiger partial charge >= 0.3 is 12.1 Å². The third kappa shape index (κ3) is 6.79. The molecule has 0 saturated carbocycles. The molecule has 0 aromatic heterocycles. The number of rotatable bonds is 5. The van der Waals surface area contributed by atoms with Crippen molar-refractivity contribution in [3.63, 3.8) is 0 Å². The predicted octanol–water partition coefficient (Wildman–Crippen LogP) is 2.99. The first-order chi connectivity index (χ1) is 9.81. The molecule has 5 heteroatoms. The van der Waals surface area contributed by atoms with Crippen LogP contribution in [-0.4, -0.2) is 36.2 Å². The maximum absolute atomic E-state index is 12.2.